The number of hydrogen-bond donors (Lipinski definition) is 2. The SMILES string of the molecule is Cc1nc(N2CC3CCC2CO3)ccc1NC1CCC(N)CC1. The molecule has 0 radical (unpaired) electrons. The van der Waals surface area contributed by atoms with E-state index in [0.717, 1.165) is 50.3 Å². The molecule has 3 saturated heterocycles. The van der Waals surface area contributed by atoms with E-state index < -0.39 is 0 Å². The molecule has 23 heavy (non-hydrogen) atoms. The molecule has 2 atom stereocenters. The van der Waals surface area contributed by atoms with E-state index in [9.17, 15) is 0 Å². The van der Waals surface area contributed by atoms with Crippen LogP contribution in [0.15, 0.2) is 12.1 Å². The zero-order valence-corrected chi connectivity index (χ0v) is 14.0. The Morgan fingerprint density at radius 1 is 1.17 bits per heavy atom. The van der Waals surface area contributed by atoms with Gasteiger partial charge in [0.1, 0.15) is 5.82 Å². The molecule has 5 rings (SSSR count). The van der Waals surface area contributed by atoms with E-state index >= 15 is 0 Å². The number of ether oxygens (including phenoxy) is 1. The van der Waals surface area contributed by atoms with Crippen molar-refractivity contribution in [3.63, 3.8) is 0 Å². The van der Waals surface area contributed by atoms with Crippen LogP contribution in [0.3, 0.4) is 0 Å². The number of hydrogen-bond acceptors (Lipinski definition) is 5. The summed E-state index contributed by atoms with van der Waals surface area (Å²) < 4.78 is 5.80. The minimum atomic E-state index is 0.395. The molecule has 0 amide bonds. The third-order valence-corrected chi connectivity index (χ3v) is 5.68. The maximum absolute atomic E-state index is 6.00. The molecule has 0 spiro atoms. The monoisotopic (exact) mass is 316 g/mol. The fraction of sp³-hybridized carbons (Fsp3) is 0.722. The van der Waals surface area contributed by atoms with Gasteiger partial charge in [0, 0.05) is 18.6 Å². The van der Waals surface area contributed by atoms with Crippen molar-refractivity contribution in [1.29, 1.82) is 0 Å². The summed E-state index contributed by atoms with van der Waals surface area (Å²) in [6.07, 6.45) is 7.40. The average molecular weight is 316 g/mol. The number of nitrogens with two attached hydrogens (primary N) is 1. The Bertz CT molecular complexity index is 548. The first-order valence-corrected chi connectivity index (χ1v) is 9.07. The maximum atomic E-state index is 6.00. The molecule has 1 saturated carbocycles. The van der Waals surface area contributed by atoms with Gasteiger partial charge in [-0.05, 0) is 57.6 Å². The van der Waals surface area contributed by atoms with Gasteiger partial charge >= 0.3 is 0 Å². The molecular weight excluding hydrogens is 288 g/mol. The van der Waals surface area contributed by atoms with Crippen molar-refractivity contribution >= 4 is 11.5 Å². The highest BCUT2D eigenvalue weighted by atomic mass is 16.5. The van der Waals surface area contributed by atoms with Crippen LogP contribution in [0, 0.1) is 6.92 Å². The summed E-state index contributed by atoms with van der Waals surface area (Å²) in [7, 11) is 0. The highest BCUT2D eigenvalue weighted by Crippen LogP contribution is 2.31. The molecule has 2 unspecified atom stereocenters. The number of piperidine rings is 1. The quantitative estimate of drug-likeness (QED) is 0.897. The molecule has 2 bridgehead atoms. The van der Waals surface area contributed by atoms with E-state index in [1.807, 2.05) is 0 Å². The Morgan fingerprint density at radius 3 is 2.61 bits per heavy atom. The van der Waals surface area contributed by atoms with Gasteiger partial charge in [-0.3, -0.25) is 0 Å². The van der Waals surface area contributed by atoms with Gasteiger partial charge in [0.05, 0.1) is 30.1 Å². The number of morpholine rings is 1. The lowest BCUT2D eigenvalue weighted by Crippen LogP contribution is -2.54. The third kappa shape index (κ3) is 3.17. The van der Waals surface area contributed by atoms with Crippen molar-refractivity contribution in [2.24, 2.45) is 5.73 Å². The first-order chi connectivity index (χ1) is 11.2. The van der Waals surface area contributed by atoms with E-state index in [1.54, 1.807) is 0 Å². The fourth-order valence-corrected chi connectivity index (χ4v) is 4.17. The van der Waals surface area contributed by atoms with Crippen LogP contribution in [0.25, 0.3) is 0 Å². The molecule has 1 aromatic heterocycles. The van der Waals surface area contributed by atoms with Crippen LogP contribution in [0.4, 0.5) is 11.5 Å². The van der Waals surface area contributed by atoms with Crippen LogP contribution in [0.5, 0.6) is 0 Å². The lowest BCUT2D eigenvalue weighted by Gasteiger charge is -2.45. The van der Waals surface area contributed by atoms with Crippen molar-refractivity contribution in [3.8, 4) is 0 Å². The molecule has 1 aromatic rings. The van der Waals surface area contributed by atoms with Crippen molar-refractivity contribution in [2.45, 2.75) is 69.7 Å². The van der Waals surface area contributed by atoms with Gasteiger partial charge in [-0.2, -0.15) is 0 Å². The van der Waals surface area contributed by atoms with Crippen LogP contribution in [0.1, 0.15) is 44.2 Å². The molecule has 4 fully saturated rings. The minimum Gasteiger partial charge on any atom is -0.381 e. The largest absolute Gasteiger partial charge is 0.381 e. The predicted molar refractivity (Wildman–Crippen MR) is 92.9 cm³/mol. The molecule has 0 aromatic carbocycles. The number of nitrogens with zero attached hydrogens (tertiary/aromatic N) is 2. The van der Waals surface area contributed by atoms with E-state index in [0.29, 0.717) is 24.2 Å². The zero-order valence-electron chi connectivity index (χ0n) is 14.0. The summed E-state index contributed by atoms with van der Waals surface area (Å²) in [5, 5.41) is 3.67. The van der Waals surface area contributed by atoms with Gasteiger partial charge in [0.2, 0.25) is 0 Å². The molecule has 5 heteroatoms. The molecule has 126 valence electrons. The van der Waals surface area contributed by atoms with Gasteiger partial charge in [-0.1, -0.05) is 0 Å². The second-order valence-corrected chi connectivity index (χ2v) is 7.40. The third-order valence-electron chi connectivity index (χ3n) is 5.68. The van der Waals surface area contributed by atoms with Crippen LogP contribution in [0.2, 0.25) is 0 Å². The molecule has 4 heterocycles. The topological polar surface area (TPSA) is 63.4 Å². The van der Waals surface area contributed by atoms with E-state index in [4.69, 9.17) is 15.5 Å². The lowest BCUT2D eigenvalue weighted by molar-refractivity contribution is -0.0228. The standard InChI is InChI=1S/C18H28N4O/c1-12-17(21-14-4-2-13(19)3-5-14)8-9-18(20-12)22-10-16-7-6-15(22)11-23-16/h8-9,13-16,21H,2-7,10-11,19H2,1H3. The number of nitrogens with one attached hydrogen (secondary N) is 1. The number of rotatable bonds is 3. The second kappa shape index (κ2) is 6.29. The summed E-state index contributed by atoms with van der Waals surface area (Å²) in [6, 6.07) is 5.82. The molecule has 3 aliphatic heterocycles. The Labute approximate surface area is 138 Å². The van der Waals surface area contributed by atoms with E-state index in [1.165, 1.54) is 18.5 Å². The van der Waals surface area contributed by atoms with Gasteiger partial charge in [0.15, 0.2) is 0 Å². The lowest BCUT2D eigenvalue weighted by atomic mass is 9.91. The number of aromatic nitrogens is 1. The van der Waals surface area contributed by atoms with Crippen molar-refractivity contribution in [3.05, 3.63) is 17.8 Å². The van der Waals surface area contributed by atoms with Gasteiger partial charge < -0.3 is 20.7 Å². The minimum absolute atomic E-state index is 0.395. The Morgan fingerprint density at radius 2 is 2.00 bits per heavy atom. The first-order valence-electron chi connectivity index (χ1n) is 9.07. The second-order valence-electron chi connectivity index (χ2n) is 7.40. The zero-order chi connectivity index (χ0) is 15.8. The normalized spacial score (nSPS) is 33.7. The number of aryl methyl sites for hydroxylation is 1. The maximum Gasteiger partial charge on any atom is 0.129 e. The predicted octanol–water partition coefficient (Wildman–Crippen LogP) is 2.44. The summed E-state index contributed by atoms with van der Waals surface area (Å²) in [6.45, 7) is 3.96. The van der Waals surface area contributed by atoms with E-state index in [-0.39, 0.29) is 0 Å². The smallest absolute Gasteiger partial charge is 0.129 e. The first kappa shape index (κ1) is 15.2. The molecule has 1 aliphatic carbocycles. The molecule has 5 nitrogen and oxygen atoms in total. The number of pyridine rings is 1. The van der Waals surface area contributed by atoms with Crippen LogP contribution in [-0.4, -0.2) is 42.4 Å². The molecule has 3 N–H and O–H groups in total. The van der Waals surface area contributed by atoms with Crippen molar-refractivity contribution in [2.75, 3.05) is 23.4 Å². The van der Waals surface area contributed by atoms with Crippen LogP contribution in [-0.2, 0) is 4.74 Å². The summed E-state index contributed by atoms with van der Waals surface area (Å²) in [5.74, 6) is 1.11. The van der Waals surface area contributed by atoms with Crippen molar-refractivity contribution < 1.29 is 4.74 Å². The summed E-state index contributed by atoms with van der Waals surface area (Å²) >= 11 is 0. The highest BCUT2D eigenvalue weighted by molar-refractivity contribution is 5.55. The average Bonchev–Trinajstić information content (AvgIpc) is 2.59. The van der Waals surface area contributed by atoms with Gasteiger partial charge in [0.25, 0.3) is 0 Å². The highest BCUT2D eigenvalue weighted by Gasteiger charge is 2.35. The number of fused-ring (bicyclic) bond motifs is 3. The van der Waals surface area contributed by atoms with Crippen LogP contribution < -0.4 is 16.0 Å². The van der Waals surface area contributed by atoms with Gasteiger partial charge in [-0.15, -0.1) is 0 Å². The molecular formula is C18H28N4O. The molecule has 4 aliphatic rings. The van der Waals surface area contributed by atoms with E-state index in [2.05, 4.69) is 29.3 Å². The Hall–Kier alpha value is -1.33. The Balaban J connectivity index is 1.44. The Kier molecular flexibility index (Phi) is 4.16. The van der Waals surface area contributed by atoms with Crippen molar-refractivity contribution in [1.82, 2.24) is 4.98 Å². The summed E-state index contributed by atoms with van der Waals surface area (Å²) in [5.41, 5.74) is 8.27. The fourth-order valence-electron chi connectivity index (χ4n) is 4.17. The van der Waals surface area contributed by atoms with Gasteiger partial charge in [-0.25, -0.2) is 4.98 Å². The summed E-state index contributed by atoms with van der Waals surface area (Å²) in [4.78, 5) is 7.32. The van der Waals surface area contributed by atoms with Crippen LogP contribution >= 0.6 is 0 Å². The number of anilines is 2.